The Kier molecular flexibility index (Phi) is 4.78. The van der Waals surface area contributed by atoms with Crippen LogP contribution in [0.4, 0.5) is 0 Å². The Hall–Kier alpha value is -1.75. The minimum absolute atomic E-state index is 0.169. The molecule has 5 nitrogen and oxygen atoms in total. The molecule has 0 aliphatic heterocycles. The van der Waals surface area contributed by atoms with E-state index in [-0.39, 0.29) is 12.2 Å². The number of nitro groups is 1. The molecule has 0 unspecified atom stereocenters. The number of rotatable bonds is 6. The van der Waals surface area contributed by atoms with E-state index in [1.165, 1.54) is 0 Å². The van der Waals surface area contributed by atoms with Gasteiger partial charge in [0.05, 0.1) is 5.92 Å². The Morgan fingerprint density at radius 3 is 2.47 bits per heavy atom. The van der Waals surface area contributed by atoms with Crippen molar-refractivity contribution in [1.29, 1.82) is 0 Å². The molecule has 0 saturated heterocycles. The fraction of sp³-hybridized carbons (Fsp3) is 0.417. The third kappa shape index (κ3) is 3.64. The van der Waals surface area contributed by atoms with Gasteiger partial charge in [0.25, 0.3) is 0 Å². The van der Waals surface area contributed by atoms with Crippen molar-refractivity contribution in [1.82, 2.24) is 0 Å². The summed E-state index contributed by atoms with van der Waals surface area (Å²) in [4.78, 5) is 21.5. The molecule has 0 heterocycles. The molecule has 5 heteroatoms. The summed E-state index contributed by atoms with van der Waals surface area (Å²) < 4.78 is 0. The van der Waals surface area contributed by atoms with Gasteiger partial charge < -0.3 is 5.11 Å². The van der Waals surface area contributed by atoms with Crippen molar-refractivity contribution >= 4 is 5.78 Å². The lowest BCUT2D eigenvalue weighted by atomic mass is 9.90. The van der Waals surface area contributed by atoms with E-state index in [9.17, 15) is 20.0 Å². The van der Waals surface area contributed by atoms with E-state index in [0.717, 1.165) is 0 Å². The molecule has 17 heavy (non-hydrogen) atoms. The maximum atomic E-state index is 11.4. The smallest absolute Gasteiger partial charge is 0.213 e. The lowest BCUT2D eigenvalue weighted by molar-refractivity contribution is -0.484. The third-order valence-corrected chi connectivity index (χ3v) is 2.63. The number of aliphatic hydroxyl groups is 1. The number of aliphatic hydroxyl groups excluding tert-OH is 1. The van der Waals surface area contributed by atoms with Crippen LogP contribution in [0, 0.1) is 10.1 Å². The van der Waals surface area contributed by atoms with E-state index in [4.69, 9.17) is 0 Å². The summed E-state index contributed by atoms with van der Waals surface area (Å²) >= 11 is 0. The highest BCUT2D eigenvalue weighted by atomic mass is 16.6. The molecule has 0 bridgehead atoms. The topological polar surface area (TPSA) is 80.4 Å². The Bertz CT molecular complexity index is 391. The van der Waals surface area contributed by atoms with Gasteiger partial charge in [-0.15, -0.1) is 0 Å². The van der Waals surface area contributed by atoms with E-state index in [2.05, 4.69) is 0 Å². The monoisotopic (exact) mass is 237 g/mol. The van der Waals surface area contributed by atoms with Gasteiger partial charge in [-0.3, -0.25) is 14.9 Å². The molecule has 0 aliphatic carbocycles. The largest absolute Gasteiger partial charge is 0.384 e. The van der Waals surface area contributed by atoms with Crippen molar-refractivity contribution in [3.05, 3.63) is 46.0 Å². The molecule has 0 fully saturated rings. The van der Waals surface area contributed by atoms with Crippen molar-refractivity contribution in [2.45, 2.75) is 25.4 Å². The molecule has 0 aromatic heterocycles. The SMILES string of the molecule is CCC(=O)[C@H](O)[C@@H](C[N+](=O)[O-])c1ccccc1. The molecule has 1 aromatic carbocycles. The van der Waals surface area contributed by atoms with Crippen LogP contribution >= 0.6 is 0 Å². The van der Waals surface area contributed by atoms with Crippen molar-refractivity contribution < 1.29 is 14.8 Å². The van der Waals surface area contributed by atoms with E-state index in [1.807, 2.05) is 0 Å². The molecule has 2 atom stereocenters. The molecule has 1 rings (SSSR count). The van der Waals surface area contributed by atoms with Crippen molar-refractivity contribution in [3.8, 4) is 0 Å². The summed E-state index contributed by atoms with van der Waals surface area (Å²) in [5.41, 5.74) is 0.610. The fourth-order valence-corrected chi connectivity index (χ4v) is 1.68. The zero-order valence-electron chi connectivity index (χ0n) is 9.57. The van der Waals surface area contributed by atoms with E-state index in [0.29, 0.717) is 5.56 Å². The van der Waals surface area contributed by atoms with Crippen LogP contribution in [0.5, 0.6) is 0 Å². The van der Waals surface area contributed by atoms with Crippen LogP contribution in [0.2, 0.25) is 0 Å². The lowest BCUT2D eigenvalue weighted by Gasteiger charge is -2.18. The van der Waals surface area contributed by atoms with Crippen LogP contribution in [-0.2, 0) is 4.79 Å². The van der Waals surface area contributed by atoms with Gasteiger partial charge in [-0.1, -0.05) is 37.3 Å². The first kappa shape index (κ1) is 13.3. The average Bonchev–Trinajstić information content (AvgIpc) is 2.35. The molecule has 92 valence electrons. The quantitative estimate of drug-likeness (QED) is 0.598. The number of carbonyl (C=O) groups is 1. The summed E-state index contributed by atoms with van der Waals surface area (Å²) in [6, 6.07) is 8.60. The second-order valence-corrected chi connectivity index (χ2v) is 3.80. The van der Waals surface area contributed by atoms with Crippen molar-refractivity contribution in [2.24, 2.45) is 0 Å². The van der Waals surface area contributed by atoms with Crippen LogP contribution in [0.15, 0.2) is 30.3 Å². The third-order valence-electron chi connectivity index (χ3n) is 2.63. The summed E-state index contributed by atoms with van der Waals surface area (Å²) in [6.45, 7) is 1.18. The van der Waals surface area contributed by atoms with Gasteiger partial charge in [-0.05, 0) is 5.56 Å². The Morgan fingerprint density at radius 1 is 1.41 bits per heavy atom. The number of carbonyl (C=O) groups excluding carboxylic acids is 1. The number of benzene rings is 1. The molecular weight excluding hydrogens is 222 g/mol. The standard InChI is InChI=1S/C12H15NO4/c1-2-11(14)12(15)10(8-13(16)17)9-6-4-3-5-7-9/h3-7,10,12,15H,2,8H2,1H3/t10-,12+/m0/s1. The molecule has 0 aliphatic rings. The van der Waals surface area contributed by atoms with Crippen molar-refractivity contribution in [2.75, 3.05) is 6.54 Å². The summed E-state index contributed by atoms with van der Waals surface area (Å²) in [5.74, 6) is -1.15. The summed E-state index contributed by atoms with van der Waals surface area (Å²) in [7, 11) is 0. The highest BCUT2D eigenvalue weighted by molar-refractivity contribution is 5.83. The van der Waals surface area contributed by atoms with E-state index in [1.54, 1.807) is 37.3 Å². The van der Waals surface area contributed by atoms with Crippen LogP contribution in [0.1, 0.15) is 24.8 Å². The molecule has 0 amide bonds. The predicted molar refractivity (Wildman–Crippen MR) is 62.3 cm³/mol. The Labute approximate surface area is 99.2 Å². The molecule has 0 radical (unpaired) electrons. The maximum absolute atomic E-state index is 11.4. The highest BCUT2D eigenvalue weighted by Crippen LogP contribution is 2.21. The number of Topliss-reactive ketones (excluding diaryl/α,β-unsaturated/α-hetero) is 1. The maximum Gasteiger partial charge on any atom is 0.213 e. The number of ketones is 1. The second-order valence-electron chi connectivity index (χ2n) is 3.80. The first-order valence-corrected chi connectivity index (χ1v) is 5.43. The molecule has 0 spiro atoms. The van der Waals surface area contributed by atoms with Gasteiger partial charge in [0, 0.05) is 11.3 Å². The van der Waals surface area contributed by atoms with Gasteiger partial charge in [0.1, 0.15) is 6.10 Å². The van der Waals surface area contributed by atoms with Gasteiger partial charge in [-0.25, -0.2) is 0 Å². The van der Waals surface area contributed by atoms with Crippen molar-refractivity contribution in [3.63, 3.8) is 0 Å². The second kappa shape index (κ2) is 6.10. The summed E-state index contributed by atoms with van der Waals surface area (Å²) in [5, 5.41) is 20.4. The normalized spacial score (nSPS) is 14.0. The Morgan fingerprint density at radius 2 is 2.00 bits per heavy atom. The van der Waals surface area contributed by atoms with Gasteiger partial charge in [0.2, 0.25) is 6.54 Å². The number of hydrogen-bond acceptors (Lipinski definition) is 4. The zero-order chi connectivity index (χ0) is 12.8. The first-order chi connectivity index (χ1) is 8.06. The van der Waals surface area contributed by atoms with Crippen LogP contribution < -0.4 is 0 Å². The lowest BCUT2D eigenvalue weighted by Crippen LogP contribution is -2.32. The minimum Gasteiger partial charge on any atom is -0.384 e. The van der Waals surface area contributed by atoms with Crippen LogP contribution in [-0.4, -0.2) is 28.5 Å². The Balaban J connectivity index is 2.95. The number of hydrogen-bond donors (Lipinski definition) is 1. The van der Waals surface area contributed by atoms with Gasteiger partial charge in [-0.2, -0.15) is 0 Å². The highest BCUT2D eigenvalue weighted by Gasteiger charge is 2.30. The molecular formula is C12H15NO4. The van der Waals surface area contributed by atoms with E-state index >= 15 is 0 Å². The fourth-order valence-electron chi connectivity index (χ4n) is 1.68. The van der Waals surface area contributed by atoms with Crippen LogP contribution in [0.3, 0.4) is 0 Å². The molecule has 1 N–H and O–H groups in total. The molecule has 1 aromatic rings. The zero-order valence-corrected chi connectivity index (χ0v) is 9.57. The van der Waals surface area contributed by atoms with Gasteiger partial charge in [0.15, 0.2) is 5.78 Å². The predicted octanol–water partition coefficient (Wildman–Crippen LogP) is 1.39. The first-order valence-electron chi connectivity index (χ1n) is 5.43. The average molecular weight is 237 g/mol. The minimum atomic E-state index is -1.31. The van der Waals surface area contributed by atoms with Crippen LogP contribution in [0.25, 0.3) is 0 Å². The summed E-state index contributed by atoms with van der Waals surface area (Å²) in [6.07, 6.45) is -1.14. The molecule has 0 saturated carbocycles. The van der Waals surface area contributed by atoms with E-state index < -0.39 is 23.5 Å². The van der Waals surface area contributed by atoms with Gasteiger partial charge >= 0.3 is 0 Å². The number of nitrogens with zero attached hydrogens (tertiary/aromatic N) is 1.